The fraction of sp³-hybridized carbons (Fsp3) is 0.294. The van der Waals surface area contributed by atoms with Crippen molar-refractivity contribution in [2.45, 2.75) is 32.0 Å². The summed E-state index contributed by atoms with van der Waals surface area (Å²) in [5, 5.41) is 4.12. The minimum absolute atomic E-state index is 0.213. The largest absolute Gasteiger partial charge is 0.488 e. The standard InChI is InChI=1S/C17H17ClFNO/c18-14-5-8-17(13(9-14)10-20-15-6-7-15)21-11-12-3-1-2-4-16(12)19/h1-5,8-9,15,20H,6-7,10-11H2. The maximum atomic E-state index is 13.6. The van der Waals surface area contributed by atoms with Crippen LogP contribution in [0.2, 0.25) is 5.02 Å². The number of hydrogen-bond acceptors (Lipinski definition) is 2. The van der Waals surface area contributed by atoms with Crippen LogP contribution in [-0.2, 0) is 13.2 Å². The second-order valence-electron chi connectivity index (χ2n) is 5.29. The summed E-state index contributed by atoms with van der Waals surface area (Å²) in [7, 11) is 0. The lowest BCUT2D eigenvalue weighted by Gasteiger charge is -2.13. The third-order valence-corrected chi connectivity index (χ3v) is 3.76. The second kappa shape index (κ2) is 6.46. The van der Waals surface area contributed by atoms with Gasteiger partial charge >= 0.3 is 0 Å². The molecule has 4 heteroatoms. The van der Waals surface area contributed by atoms with Gasteiger partial charge in [-0.2, -0.15) is 0 Å². The van der Waals surface area contributed by atoms with E-state index < -0.39 is 0 Å². The van der Waals surface area contributed by atoms with Gasteiger partial charge in [0.1, 0.15) is 18.2 Å². The molecule has 1 fully saturated rings. The molecule has 0 bridgehead atoms. The zero-order valence-electron chi connectivity index (χ0n) is 11.6. The minimum Gasteiger partial charge on any atom is -0.488 e. The van der Waals surface area contributed by atoms with Gasteiger partial charge in [0.15, 0.2) is 0 Å². The molecule has 1 saturated carbocycles. The molecule has 110 valence electrons. The van der Waals surface area contributed by atoms with Crippen LogP contribution >= 0.6 is 11.6 Å². The predicted molar refractivity (Wildman–Crippen MR) is 82.0 cm³/mol. The van der Waals surface area contributed by atoms with Crippen LogP contribution in [0, 0.1) is 5.82 Å². The topological polar surface area (TPSA) is 21.3 Å². The summed E-state index contributed by atoms with van der Waals surface area (Å²) in [6, 6.07) is 12.8. The zero-order valence-corrected chi connectivity index (χ0v) is 12.4. The SMILES string of the molecule is Fc1ccccc1COc1ccc(Cl)cc1CNC1CC1. The van der Waals surface area contributed by atoms with Crippen LogP contribution in [0.4, 0.5) is 4.39 Å². The molecular formula is C17H17ClFNO. The summed E-state index contributed by atoms with van der Waals surface area (Å²) in [5.74, 6) is 0.500. The molecule has 3 rings (SSSR count). The molecule has 0 unspecified atom stereocenters. The Morgan fingerprint density at radius 3 is 2.71 bits per heavy atom. The Morgan fingerprint density at radius 1 is 1.14 bits per heavy atom. The van der Waals surface area contributed by atoms with E-state index in [1.54, 1.807) is 24.3 Å². The van der Waals surface area contributed by atoms with Crippen molar-refractivity contribution in [1.29, 1.82) is 0 Å². The zero-order chi connectivity index (χ0) is 14.7. The van der Waals surface area contributed by atoms with E-state index in [1.807, 2.05) is 12.1 Å². The van der Waals surface area contributed by atoms with Crippen molar-refractivity contribution in [2.75, 3.05) is 0 Å². The summed E-state index contributed by atoms with van der Waals surface area (Å²) < 4.78 is 19.4. The fourth-order valence-electron chi connectivity index (χ4n) is 2.14. The quantitative estimate of drug-likeness (QED) is 0.858. The molecule has 1 aliphatic carbocycles. The minimum atomic E-state index is -0.246. The molecule has 1 N–H and O–H groups in total. The van der Waals surface area contributed by atoms with Gasteiger partial charge in [-0.15, -0.1) is 0 Å². The van der Waals surface area contributed by atoms with E-state index >= 15 is 0 Å². The van der Waals surface area contributed by atoms with Crippen LogP contribution in [0.25, 0.3) is 0 Å². The van der Waals surface area contributed by atoms with Crippen LogP contribution in [0.3, 0.4) is 0 Å². The van der Waals surface area contributed by atoms with Gasteiger partial charge in [0.2, 0.25) is 0 Å². The van der Waals surface area contributed by atoms with E-state index in [-0.39, 0.29) is 12.4 Å². The molecular weight excluding hydrogens is 289 g/mol. The molecule has 0 saturated heterocycles. The van der Waals surface area contributed by atoms with Crippen LogP contribution in [0.15, 0.2) is 42.5 Å². The van der Waals surface area contributed by atoms with E-state index in [4.69, 9.17) is 16.3 Å². The molecule has 0 spiro atoms. The van der Waals surface area contributed by atoms with Gasteiger partial charge in [0.05, 0.1) is 0 Å². The average Bonchev–Trinajstić information content (AvgIpc) is 3.30. The van der Waals surface area contributed by atoms with Crippen molar-refractivity contribution in [3.8, 4) is 5.75 Å². The Labute approximate surface area is 128 Å². The number of nitrogens with one attached hydrogen (secondary N) is 1. The molecule has 0 amide bonds. The van der Waals surface area contributed by atoms with Gasteiger partial charge in [-0.25, -0.2) is 4.39 Å². The number of ether oxygens (including phenoxy) is 1. The lowest BCUT2D eigenvalue weighted by atomic mass is 10.2. The van der Waals surface area contributed by atoms with Crippen molar-refractivity contribution in [3.05, 3.63) is 64.4 Å². The van der Waals surface area contributed by atoms with Gasteiger partial charge in [-0.3, -0.25) is 0 Å². The first-order valence-electron chi connectivity index (χ1n) is 7.10. The van der Waals surface area contributed by atoms with E-state index in [0.717, 1.165) is 17.9 Å². The molecule has 2 aromatic carbocycles. The molecule has 2 nitrogen and oxygen atoms in total. The van der Waals surface area contributed by atoms with Gasteiger partial charge in [-0.1, -0.05) is 29.8 Å². The molecule has 0 atom stereocenters. The van der Waals surface area contributed by atoms with Crippen molar-refractivity contribution in [2.24, 2.45) is 0 Å². The number of hydrogen-bond donors (Lipinski definition) is 1. The molecule has 0 aromatic heterocycles. The van der Waals surface area contributed by atoms with Crippen LogP contribution in [0.5, 0.6) is 5.75 Å². The van der Waals surface area contributed by atoms with Gasteiger partial charge in [0, 0.05) is 28.7 Å². The normalized spacial score (nSPS) is 14.2. The fourth-order valence-corrected chi connectivity index (χ4v) is 2.33. The Balaban J connectivity index is 1.70. The van der Waals surface area contributed by atoms with E-state index in [1.165, 1.54) is 18.9 Å². The predicted octanol–water partition coefficient (Wildman–Crippen LogP) is 4.31. The monoisotopic (exact) mass is 305 g/mol. The van der Waals surface area contributed by atoms with Crippen molar-refractivity contribution >= 4 is 11.6 Å². The van der Waals surface area contributed by atoms with Crippen molar-refractivity contribution < 1.29 is 9.13 Å². The van der Waals surface area contributed by atoms with Crippen molar-refractivity contribution in [1.82, 2.24) is 5.32 Å². The lowest BCUT2D eigenvalue weighted by Crippen LogP contribution is -2.16. The van der Waals surface area contributed by atoms with Crippen molar-refractivity contribution in [3.63, 3.8) is 0 Å². The number of rotatable bonds is 6. The van der Waals surface area contributed by atoms with E-state index in [9.17, 15) is 4.39 Å². The van der Waals surface area contributed by atoms with Crippen LogP contribution in [-0.4, -0.2) is 6.04 Å². The summed E-state index contributed by atoms with van der Waals surface area (Å²) >= 11 is 6.05. The summed E-state index contributed by atoms with van der Waals surface area (Å²) in [4.78, 5) is 0. The second-order valence-corrected chi connectivity index (χ2v) is 5.72. The molecule has 2 aromatic rings. The maximum Gasteiger partial charge on any atom is 0.129 e. The van der Waals surface area contributed by atoms with E-state index in [2.05, 4.69) is 5.32 Å². The first kappa shape index (κ1) is 14.4. The third kappa shape index (κ3) is 3.96. The molecule has 1 aliphatic rings. The van der Waals surface area contributed by atoms with Gasteiger partial charge in [0.25, 0.3) is 0 Å². The van der Waals surface area contributed by atoms with Gasteiger partial charge < -0.3 is 10.1 Å². The lowest BCUT2D eigenvalue weighted by molar-refractivity contribution is 0.296. The number of benzene rings is 2. The van der Waals surface area contributed by atoms with Gasteiger partial charge in [-0.05, 0) is 37.1 Å². The highest BCUT2D eigenvalue weighted by Crippen LogP contribution is 2.26. The Morgan fingerprint density at radius 2 is 1.95 bits per heavy atom. The van der Waals surface area contributed by atoms with E-state index in [0.29, 0.717) is 16.6 Å². The highest BCUT2D eigenvalue weighted by Gasteiger charge is 2.20. The average molecular weight is 306 g/mol. The Hall–Kier alpha value is -1.58. The Bertz CT molecular complexity index is 628. The summed E-state index contributed by atoms with van der Waals surface area (Å²) in [6.07, 6.45) is 2.46. The molecule has 0 radical (unpaired) electrons. The van der Waals surface area contributed by atoms with Crippen LogP contribution in [0.1, 0.15) is 24.0 Å². The highest BCUT2D eigenvalue weighted by molar-refractivity contribution is 6.30. The Kier molecular flexibility index (Phi) is 4.42. The highest BCUT2D eigenvalue weighted by atomic mass is 35.5. The third-order valence-electron chi connectivity index (χ3n) is 3.52. The first-order chi connectivity index (χ1) is 10.2. The number of halogens is 2. The first-order valence-corrected chi connectivity index (χ1v) is 7.48. The smallest absolute Gasteiger partial charge is 0.129 e. The molecule has 0 heterocycles. The maximum absolute atomic E-state index is 13.6. The van der Waals surface area contributed by atoms with Crippen LogP contribution < -0.4 is 10.1 Å². The summed E-state index contributed by atoms with van der Waals surface area (Å²) in [5.41, 5.74) is 1.55. The molecule has 21 heavy (non-hydrogen) atoms. The summed E-state index contributed by atoms with van der Waals surface area (Å²) in [6.45, 7) is 0.933. The molecule has 0 aliphatic heterocycles.